The molecule has 22 heavy (non-hydrogen) atoms. The number of carbonyl (C=O) groups excluding carboxylic acids is 1. The van der Waals surface area contributed by atoms with Crippen molar-refractivity contribution >= 4 is 34.0 Å². The molecule has 1 fully saturated rings. The number of thiazole rings is 1. The number of rotatable bonds is 3. The summed E-state index contributed by atoms with van der Waals surface area (Å²) >= 11 is 7.30. The second-order valence-electron chi connectivity index (χ2n) is 4.98. The molecule has 0 aliphatic carbocycles. The molecule has 1 aromatic carbocycles. The number of nitrogens with zero attached hydrogens (tertiary/aromatic N) is 3. The zero-order valence-corrected chi connectivity index (χ0v) is 13.2. The summed E-state index contributed by atoms with van der Waals surface area (Å²) in [5.74, 6) is -0.349. The van der Waals surface area contributed by atoms with Gasteiger partial charge in [0.25, 0.3) is 0 Å². The smallest absolute Gasteiger partial charge is 0.246 e. The lowest BCUT2D eigenvalue weighted by Gasteiger charge is -2.14. The lowest BCUT2D eigenvalue weighted by molar-refractivity contribution is -0.121. The second-order valence-corrected chi connectivity index (χ2v) is 6.43. The van der Waals surface area contributed by atoms with Gasteiger partial charge in [0.1, 0.15) is 0 Å². The first-order valence-electron chi connectivity index (χ1n) is 6.85. The number of hydrogen-bond donors (Lipinski definition) is 1. The summed E-state index contributed by atoms with van der Waals surface area (Å²) in [6.45, 7) is 1.42. The Morgan fingerprint density at radius 3 is 3.09 bits per heavy atom. The molecule has 1 aromatic heterocycles. The molecule has 0 radical (unpaired) electrons. The average molecular weight is 333 g/mol. The third kappa shape index (κ3) is 2.97. The fraction of sp³-hybridized carbons (Fsp3) is 0.267. The molecule has 1 N–H and O–H groups in total. The minimum Gasteiger partial charge on any atom is -0.316 e. The van der Waals surface area contributed by atoms with E-state index in [2.05, 4.69) is 10.3 Å². The zero-order chi connectivity index (χ0) is 15.5. The van der Waals surface area contributed by atoms with Crippen molar-refractivity contribution in [1.82, 2.24) is 10.3 Å². The maximum absolute atomic E-state index is 12.4. The predicted molar refractivity (Wildman–Crippen MR) is 86.6 cm³/mol. The third-order valence-electron chi connectivity index (χ3n) is 3.52. The van der Waals surface area contributed by atoms with E-state index >= 15 is 0 Å². The summed E-state index contributed by atoms with van der Waals surface area (Å²) in [6, 6.07) is 7.40. The molecule has 0 spiro atoms. The maximum Gasteiger partial charge on any atom is 0.246 e. The summed E-state index contributed by atoms with van der Waals surface area (Å²) in [4.78, 5) is 18.6. The van der Waals surface area contributed by atoms with Crippen LogP contribution in [0.4, 0.5) is 5.13 Å². The molecule has 112 valence electrons. The molecule has 7 heteroatoms. The molecule has 0 bridgehead atoms. The first-order valence-corrected chi connectivity index (χ1v) is 8.04. The Balaban J connectivity index is 1.85. The van der Waals surface area contributed by atoms with Crippen LogP contribution in [0.2, 0.25) is 5.02 Å². The molecule has 0 saturated carbocycles. The van der Waals surface area contributed by atoms with Gasteiger partial charge in [-0.2, -0.15) is 10.2 Å². The maximum atomic E-state index is 12.4. The van der Waals surface area contributed by atoms with Crippen LogP contribution in [0.5, 0.6) is 0 Å². The van der Waals surface area contributed by atoms with Gasteiger partial charge in [0.15, 0.2) is 6.19 Å². The summed E-state index contributed by atoms with van der Waals surface area (Å²) in [5.41, 5.74) is 0.920. The normalized spacial score (nSPS) is 17.2. The van der Waals surface area contributed by atoms with Crippen LogP contribution in [0.25, 0.3) is 10.4 Å². The van der Waals surface area contributed by atoms with Gasteiger partial charge in [-0.1, -0.05) is 35.1 Å². The Labute approximate surface area is 137 Å². The van der Waals surface area contributed by atoms with Gasteiger partial charge in [0.05, 0.1) is 10.8 Å². The van der Waals surface area contributed by atoms with E-state index in [1.54, 1.807) is 12.3 Å². The van der Waals surface area contributed by atoms with Gasteiger partial charge in [-0.3, -0.25) is 4.79 Å². The first-order chi connectivity index (χ1) is 10.7. The number of carbonyl (C=O) groups is 1. The molecule has 1 atom stereocenters. The van der Waals surface area contributed by atoms with Crippen molar-refractivity contribution in [3.8, 4) is 16.6 Å². The van der Waals surface area contributed by atoms with Crippen molar-refractivity contribution < 1.29 is 4.79 Å². The quantitative estimate of drug-likeness (QED) is 0.693. The molecule has 1 unspecified atom stereocenters. The Bertz CT molecular complexity index is 733. The number of halogens is 1. The number of amides is 1. The standard InChI is InChI=1S/C15H13ClN4OS/c16-12-3-1-2-10(6-12)13-8-19-15(22-13)20(9-17)14(21)11-4-5-18-7-11/h1-3,6,8,11,18H,4-5,7H2. The number of nitrogens with one attached hydrogen (secondary N) is 1. The van der Waals surface area contributed by atoms with Gasteiger partial charge < -0.3 is 5.32 Å². The molecule has 3 rings (SSSR count). The molecule has 1 aliphatic rings. The summed E-state index contributed by atoms with van der Waals surface area (Å²) in [6.07, 6.45) is 4.37. The van der Waals surface area contributed by atoms with Gasteiger partial charge >= 0.3 is 0 Å². The number of aromatic nitrogens is 1. The highest BCUT2D eigenvalue weighted by atomic mass is 35.5. The van der Waals surface area contributed by atoms with Gasteiger partial charge in [-0.05, 0) is 30.7 Å². The summed E-state index contributed by atoms with van der Waals surface area (Å²) in [7, 11) is 0. The van der Waals surface area contributed by atoms with E-state index in [1.807, 2.05) is 24.4 Å². The van der Waals surface area contributed by atoms with Gasteiger partial charge in [-0.15, -0.1) is 0 Å². The van der Waals surface area contributed by atoms with Crippen molar-refractivity contribution in [2.75, 3.05) is 18.0 Å². The number of benzene rings is 1. The summed E-state index contributed by atoms with van der Waals surface area (Å²) in [5, 5.41) is 13.5. The fourth-order valence-corrected chi connectivity index (χ4v) is 3.44. The van der Waals surface area contributed by atoms with E-state index in [-0.39, 0.29) is 11.8 Å². The van der Waals surface area contributed by atoms with Crippen LogP contribution in [-0.2, 0) is 4.79 Å². The Kier molecular flexibility index (Phi) is 4.39. The van der Waals surface area contributed by atoms with Crippen molar-refractivity contribution in [3.63, 3.8) is 0 Å². The molecular weight excluding hydrogens is 320 g/mol. The molecular formula is C15H13ClN4OS. The van der Waals surface area contributed by atoms with Crippen LogP contribution < -0.4 is 10.2 Å². The van der Waals surface area contributed by atoms with Crippen LogP contribution in [-0.4, -0.2) is 24.0 Å². The Morgan fingerprint density at radius 2 is 2.41 bits per heavy atom. The SMILES string of the molecule is N#CN(C(=O)C1CCNC1)c1ncc(-c2cccc(Cl)c2)s1. The van der Waals surface area contributed by atoms with Crippen LogP contribution in [0, 0.1) is 17.4 Å². The second kappa shape index (κ2) is 6.44. The third-order valence-corrected chi connectivity index (χ3v) is 4.79. The molecule has 2 heterocycles. The lowest BCUT2D eigenvalue weighted by atomic mass is 10.1. The van der Waals surface area contributed by atoms with Crippen molar-refractivity contribution in [2.45, 2.75) is 6.42 Å². The van der Waals surface area contributed by atoms with Gasteiger partial charge in [0, 0.05) is 17.8 Å². The summed E-state index contributed by atoms with van der Waals surface area (Å²) < 4.78 is 0. The van der Waals surface area contributed by atoms with E-state index in [4.69, 9.17) is 11.6 Å². The van der Waals surface area contributed by atoms with Crippen LogP contribution >= 0.6 is 22.9 Å². The minimum atomic E-state index is -0.195. The highest BCUT2D eigenvalue weighted by molar-refractivity contribution is 7.19. The van der Waals surface area contributed by atoms with Crippen molar-refractivity contribution in [1.29, 1.82) is 5.26 Å². The van der Waals surface area contributed by atoms with Crippen molar-refractivity contribution in [3.05, 3.63) is 35.5 Å². The van der Waals surface area contributed by atoms with E-state index in [1.165, 1.54) is 11.3 Å². The van der Waals surface area contributed by atoms with Gasteiger partial charge in [0.2, 0.25) is 11.0 Å². The minimum absolute atomic E-state index is 0.154. The molecule has 1 aliphatic heterocycles. The highest BCUT2D eigenvalue weighted by Crippen LogP contribution is 2.32. The topological polar surface area (TPSA) is 69.0 Å². The average Bonchev–Trinajstić information content (AvgIpc) is 3.20. The Hall–Kier alpha value is -1.94. The molecule has 5 nitrogen and oxygen atoms in total. The van der Waals surface area contributed by atoms with Crippen molar-refractivity contribution in [2.24, 2.45) is 5.92 Å². The van der Waals surface area contributed by atoms with E-state index in [0.717, 1.165) is 28.3 Å². The van der Waals surface area contributed by atoms with E-state index in [0.29, 0.717) is 16.7 Å². The monoisotopic (exact) mass is 332 g/mol. The first kappa shape index (κ1) is 15.0. The van der Waals surface area contributed by atoms with E-state index < -0.39 is 0 Å². The number of hydrogen-bond acceptors (Lipinski definition) is 5. The van der Waals surface area contributed by atoms with E-state index in [9.17, 15) is 10.1 Å². The molecule has 1 amide bonds. The van der Waals surface area contributed by atoms with Crippen LogP contribution in [0.15, 0.2) is 30.5 Å². The Morgan fingerprint density at radius 1 is 1.55 bits per heavy atom. The fourth-order valence-electron chi connectivity index (χ4n) is 2.38. The molecule has 2 aromatic rings. The number of anilines is 1. The predicted octanol–water partition coefficient (Wildman–Crippen LogP) is 2.89. The number of nitriles is 1. The van der Waals surface area contributed by atoms with Crippen LogP contribution in [0.1, 0.15) is 6.42 Å². The largest absolute Gasteiger partial charge is 0.316 e. The highest BCUT2D eigenvalue weighted by Gasteiger charge is 2.29. The molecule has 1 saturated heterocycles. The van der Waals surface area contributed by atoms with Crippen LogP contribution in [0.3, 0.4) is 0 Å². The zero-order valence-electron chi connectivity index (χ0n) is 11.6. The lowest BCUT2D eigenvalue weighted by Crippen LogP contribution is -2.33. The van der Waals surface area contributed by atoms with Gasteiger partial charge in [-0.25, -0.2) is 4.98 Å².